The third-order valence-electron chi connectivity index (χ3n) is 3.62. The van der Waals surface area contributed by atoms with Gasteiger partial charge in [0.25, 0.3) is 5.91 Å². The number of hydrogen-bond donors (Lipinski definition) is 3. The summed E-state index contributed by atoms with van der Waals surface area (Å²) in [4.78, 5) is 23.3. The normalized spacial score (nSPS) is 13.5. The van der Waals surface area contributed by atoms with Crippen molar-refractivity contribution in [2.24, 2.45) is 24.4 Å². The van der Waals surface area contributed by atoms with E-state index < -0.39 is 11.4 Å². The highest BCUT2D eigenvalue weighted by Gasteiger charge is 2.29. The molecule has 0 aromatic carbocycles. The predicted molar refractivity (Wildman–Crippen MR) is 80.9 cm³/mol. The Morgan fingerprint density at radius 1 is 1.45 bits per heavy atom. The van der Waals surface area contributed by atoms with Crippen molar-refractivity contribution in [2.45, 2.75) is 26.3 Å². The summed E-state index contributed by atoms with van der Waals surface area (Å²) in [6, 6.07) is 1.48. The fourth-order valence-electron chi connectivity index (χ4n) is 1.68. The second-order valence-electron chi connectivity index (χ2n) is 5.32. The van der Waals surface area contributed by atoms with E-state index in [2.05, 4.69) is 5.32 Å². The van der Waals surface area contributed by atoms with Crippen LogP contribution in [-0.2, 0) is 7.05 Å². The van der Waals surface area contributed by atoms with E-state index in [1.165, 1.54) is 12.3 Å². The fourth-order valence-corrected chi connectivity index (χ4v) is 1.68. The first-order chi connectivity index (χ1) is 8.71. The molecule has 6 nitrogen and oxygen atoms in total. The minimum atomic E-state index is -0.555. The number of nitrogens with two attached hydrogens (primary N) is 2. The average molecular weight is 303 g/mol. The molecule has 1 heterocycles. The summed E-state index contributed by atoms with van der Waals surface area (Å²) in [6.45, 7) is 6.22. The van der Waals surface area contributed by atoms with Crippen molar-refractivity contribution >= 4 is 24.2 Å². The lowest BCUT2D eigenvalue weighted by Crippen LogP contribution is -2.55. The number of hydrogen-bond acceptors (Lipinski definition) is 3. The third kappa shape index (κ3) is 3.74. The van der Waals surface area contributed by atoms with Crippen molar-refractivity contribution in [3.05, 3.63) is 23.5 Å². The molecule has 0 saturated heterocycles. The summed E-state index contributed by atoms with van der Waals surface area (Å²) in [5.74, 6) is -0.630. The Morgan fingerprint density at radius 3 is 2.35 bits per heavy atom. The number of aromatic nitrogens is 1. The smallest absolute Gasteiger partial charge is 0.268 e. The van der Waals surface area contributed by atoms with Crippen LogP contribution < -0.4 is 16.8 Å². The number of carbonyl (C=O) groups excluding carboxylic acids is 2. The maximum Gasteiger partial charge on any atom is 0.268 e. The van der Waals surface area contributed by atoms with Gasteiger partial charge in [-0.15, -0.1) is 12.4 Å². The molecule has 114 valence electrons. The summed E-state index contributed by atoms with van der Waals surface area (Å²) in [6.07, 6.45) is 1.53. The zero-order valence-corrected chi connectivity index (χ0v) is 13.1. The molecule has 1 aromatic heterocycles. The lowest BCUT2D eigenvalue weighted by Gasteiger charge is -2.33. The highest BCUT2D eigenvalue weighted by Crippen LogP contribution is 2.16. The molecule has 0 bridgehead atoms. The molecule has 0 aliphatic carbocycles. The first kappa shape index (κ1) is 18.5. The van der Waals surface area contributed by atoms with Crippen molar-refractivity contribution in [3.63, 3.8) is 0 Å². The molecule has 1 aromatic rings. The van der Waals surface area contributed by atoms with Gasteiger partial charge in [0, 0.05) is 19.8 Å². The van der Waals surface area contributed by atoms with Crippen molar-refractivity contribution in [1.29, 1.82) is 0 Å². The van der Waals surface area contributed by atoms with Crippen molar-refractivity contribution in [1.82, 2.24) is 9.88 Å². The first-order valence-corrected chi connectivity index (χ1v) is 6.20. The van der Waals surface area contributed by atoms with Crippen LogP contribution in [-0.4, -0.2) is 28.5 Å². The van der Waals surface area contributed by atoms with E-state index in [1.54, 1.807) is 11.6 Å². The van der Waals surface area contributed by atoms with Crippen LogP contribution in [0.3, 0.4) is 0 Å². The Kier molecular flexibility index (Phi) is 6.25. The van der Waals surface area contributed by atoms with Crippen LogP contribution in [0.25, 0.3) is 0 Å². The van der Waals surface area contributed by atoms with Gasteiger partial charge in [-0.05, 0) is 18.9 Å². The predicted octanol–water partition coefficient (Wildman–Crippen LogP) is 0.649. The van der Waals surface area contributed by atoms with Crippen LogP contribution in [0.15, 0.2) is 12.3 Å². The van der Waals surface area contributed by atoms with E-state index in [0.717, 1.165) is 0 Å². The summed E-state index contributed by atoms with van der Waals surface area (Å²) in [7, 11) is 1.69. The average Bonchev–Trinajstić information content (AvgIpc) is 2.71. The SMILES string of the molecule is CC(C)C(C)(CN)NC(=O)c1cc(C(N)=O)cn1C.Cl. The van der Waals surface area contributed by atoms with Crippen molar-refractivity contribution in [3.8, 4) is 0 Å². The van der Waals surface area contributed by atoms with Crippen LogP contribution in [0.2, 0.25) is 0 Å². The summed E-state index contributed by atoms with van der Waals surface area (Å²) < 4.78 is 1.58. The van der Waals surface area contributed by atoms with Crippen molar-refractivity contribution in [2.75, 3.05) is 6.54 Å². The fraction of sp³-hybridized carbons (Fsp3) is 0.538. The molecule has 0 radical (unpaired) electrons. The summed E-state index contributed by atoms with van der Waals surface area (Å²) in [5, 5.41) is 2.92. The number of halogens is 1. The Hall–Kier alpha value is -1.53. The highest BCUT2D eigenvalue weighted by molar-refractivity contribution is 5.99. The second kappa shape index (κ2) is 6.76. The van der Waals surface area contributed by atoms with E-state index in [4.69, 9.17) is 11.5 Å². The summed E-state index contributed by atoms with van der Waals surface area (Å²) >= 11 is 0. The van der Waals surface area contributed by atoms with Gasteiger partial charge in [0.2, 0.25) is 5.91 Å². The van der Waals surface area contributed by atoms with E-state index in [-0.39, 0.29) is 24.2 Å². The van der Waals surface area contributed by atoms with Crippen LogP contribution in [0.5, 0.6) is 0 Å². The summed E-state index contributed by atoms with van der Waals surface area (Å²) in [5.41, 5.74) is 11.1. The Labute approximate surface area is 125 Å². The third-order valence-corrected chi connectivity index (χ3v) is 3.62. The van der Waals surface area contributed by atoms with Gasteiger partial charge in [-0.2, -0.15) is 0 Å². The topological polar surface area (TPSA) is 103 Å². The lowest BCUT2D eigenvalue weighted by atomic mass is 9.88. The van der Waals surface area contributed by atoms with Gasteiger partial charge >= 0.3 is 0 Å². The van der Waals surface area contributed by atoms with E-state index in [0.29, 0.717) is 17.8 Å². The number of rotatable bonds is 5. The van der Waals surface area contributed by atoms with E-state index >= 15 is 0 Å². The van der Waals surface area contributed by atoms with Gasteiger partial charge in [0.15, 0.2) is 0 Å². The maximum absolute atomic E-state index is 12.2. The van der Waals surface area contributed by atoms with Crippen LogP contribution in [0, 0.1) is 5.92 Å². The molecule has 0 saturated carbocycles. The molecule has 1 rings (SSSR count). The van der Waals surface area contributed by atoms with Gasteiger partial charge in [-0.1, -0.05) is 13.8 Å². The zero-order valence-electron chi connectivity index (χ0n) is 12.3. The molecule has 0 fully saturated rings. The molecular formula is C13H23ClN4O2. The number of amides is 2. The van der Waals surface area contributed by atoms with Crippen molar-refractivity contribution < 1.29 is 9.59 Å². The van der Waals surface area contributed by atoms with Gasteiger partial charge in [-0.25, -0.2) is 0 Å². The molecule has 1 atom stereocenters. The number of primary amides is 1. The molecule has 7 heteroatoms. The lowest BCUT2D eigenvalue weighted by molar-refractivity contribution is 0.0874. The van der Waals surface area contributed by atoms with Gasteiger partial charge < -0.3 is 21.4 Å². The standard InChI is InChI=1S/C13H22N4O2.ClH/c1-8(2)13(3,7-14)16-12(19)10-5-9(11(15)18)6-17(10)4;/h5-6,8H,7,14H2,1-4H3,(H2,15,18)(H,16,19);1H. The van der Waals surface area contributed by atoms with Crippen LogP contribution >= 0.6 is 12.4 Å². The Morgan fingerprint density at radius 2 is 2.00 bits per heavy atom. The Balaban J connectivity index is 0.00000361. The number of carbonyl (C=O) groups is 2. The first-order valence-electron chi connectivity index (χ1n) is 6.20. The maximum atomic E-state index is 12.2. The zero-order chi connectivity index (χ0) is 14.8. The van der Waals surface area contributed by atoms with Crippen LogP contribution in [0.1, 0.15) is 41.6 Å². The monoisotopic (exact) mass is 302 g/mol. The van der Waals surface area contributed by atoms with E-state index in [9.17, 15) is 9.59 Å². The molecule has 0 aliphatic heterocycles. The largest absolute Gasteiger partial charge is 0.366 e. The molecule has 0 aliphatic rings. The van der Waals surface area contributed by atoms with Crippen LogP contribution in [0.4, 0.5) is 0 Å². The highest BCUT2D eigenvalue weighted by atomic mass is 35.5. The number of aryl methyl sites for hydroxylation is 1. The van der Waals surface area contributed by atoms with Gasteiger partial charge in [0.1, 0.15) is 5.69 Å². The Bertz CT molecular complexity index is 499. The molecular weight excluding hydrogens is 280 g/mol. The minimum absolute atomic E-state index is 0. The molecule has 2 amide bonds. The number of nitrogens with one attached hydrogen (secondary N) is 1. The second-order valence-corrected chi connectivity index (χ2v) is 5.32. The van der Waals surface area contributed by atoms with E-state index in [1.807, 2.05) is 20.8 Å². The molecule has 5 N–H and O–H groups in total. The van der Waals surface area contributed by atoms with Gasteiger partial charge in [-0.3, -0.25) is 9.59 Å². The molecule has 1 unspecified atom stereocenters. The quantitative estimate of drug-likeness (QED) is 0.744. The minimum Gasteiger partial charge on any atom is -0.366 e. The molecule has 20 heavy (non-hydrogen) atoms. The number of nitrogens with zero attached hydrogens (tertiary/aromatic N) is 1. The molecule has 0 spiro atoms. The van der Waals surface area contributed by atoms with Gasteiger partial charge in [0.05, 0.1) is 11.1 Å².